The second-order valence-electron chi connectivity index (χ2n) is 15.5. The molecule has 0 fully saturated rings. The Morgan fingerprint density at radius 2 is 1.10 bits per heavy atom. The van der Waals surface area contributed by atoms with Gasteiger partial charge in [0.15, 0.2) is 0 Å². The number of carbonyl (C=O) groups excluding carboxylic acids is 6. The van der Waals surface area contributed by atoms with E-state index in [1.807, 2.05) is 30.3 Å². The molecule has 3 amide bonds. The van der Waals surface area contributed by atoms with Gasteiger partial charge in [-0.25, -0.2) is 19.2 Å². The van der Waals surface area contributed by atoms with E-state index in [2.05, 4.69) is 16.0 Å². The van der Waals surface area contributed by atoms with Gasteiger partial charge in [0.05, 0.1) is 0 Å². The quantitative estimate of drug-likeness (QED) is 0.0772. The van der Waals surface area contributed by atoms with Crippen LogP contribution in [0.15, 0.2) is 30.3 Å². The summed E-state index contributed by atoms with van der Waals surface area (Å²) in [6.45, 7) is 16.0. The first-order valence-electron chi connectivity index (χ1n) is 17.8. The van der Waals surface area contributed by atoms with E-state index < -0.39 is 58.9 Å². The van der Waals surface area contributed by atoms with Gasteiger partial charge in [0.25, 0.3) is 0 Å². The number of hydrogen-bond donors (Lipinski definition) is 3. The minimum Gasteiger partial charge on any atom is -0.460 e. The highest BCUT2D eigenvalue weighted by Crippen LogP contribution is 2.16. The lowest BCUT2D eigenvalue weighted by molar-refractivity contribution is -0.159. The summed E-state index contributed by atoms with van der Waals surface area (Å²) >= 11 is 0. The zero-order chi connectivity index (χ0) is 38.7. The van der Waals surface area contributed by atoms with Crippen molar-refractivity contribution in [1.29, 1.82) is 0 Å². The normalized spacial score (nSPS) is 12.9. The fraction of sp³-hybridized carbons (Fsp3) is 0.684. The number of alkyl carbamates (subject to hydrolysis) is 1. The number of amides is 3. The highest BCUT2D eigenvalue weighted by molar-refractivity contribution is 5.88. The Bertz CT molecular complexity index is 1260. The van der Waals surface area contributed by atoms with Gasteiger partial charge in [-0.15, -0.1) is 0 Å². The van der Waals surface area contributed by atoms with E-state index in [0.717, 1.165) is 31.2 Å². The van der Waals surface area contributed by atoms with Crippen LogP contribution in [0.3, 0.4) is 0 Å². The van der Waals surface area contributed by atoms with Crippen molar-refractivity contribution in [2.45, 2.75) is 162 Å². The standard InChI is InChI=1S/C38H61N3O10/c1-36(2,3)49-31(43)24-23-30(33(45)51-38(7,8)9)41-34(46)40-29(32(44)50-37(4,5)6)22-21-28(42)20-16-11-10-12-17-25-39-35(47)48-26-27-18-14-13-15-19-27/h13-15,18-19,29-30H,10-12,16-17,20-26H2,1-9H3,(H,39,47)(H2,40,41,46)/t29-,30-/m0/s1. The number of esters is 3. The summed E-state index contributed by atoms with van der Waals surface area (Å²) in [6, 6.07) is 6.22. The number of unbranched alkanes of at least 4 members (excludes halogenated alkanes) is 4. The average molecular weight is 720 g/mol. The number of carbonyl (C=O) groups is 6. The van der Waals surface area contributed by atoms with Crippen molar-refractivity contribution in [1.82, 2.24) is 16.0 Å². The van der Waals surface area contributed by atoms with Gasteiger partial charge in [-0.05, 0) is 93.6 Å². The van der Waals surface area contributed by atoms with Crippen LogP contribution in [0.1, 0.15) is 132 Å². The third-order valence-electron chi connectivity index (χ3n) is 6.88. The molecule has 51 heavy (non-hydrogen) atoms. The average Bonchev–Trinajstić information content (AvgIpc) is 2.99. The highest BCUT2D eigenvalue weighted by atomic mass is 16.6. The zero-order valence-electron chi connectivity index (χ0n) is 32.1. The molecule has 3 N–H and O–H groups in total. The van der Waals surface area contributed by atoms with Crippen LogP contribution in [0, 0.1) is 0 Å². The summed E-state index contributed by atoms with van der Waals surface area (Å²) in [6.07, 6.45) is 3.71. The van der Waals surface area contributed by atoms with Gasteiger partial charge >= 0.3 is 30.0 Å². The number of ether oxygens (including phenoxy) is 4. The van der Waals surface area contributed by atoms with Crippen LogP contribution in [0.4, 0.5) is 9.59 Å². The third kappa shape index (κ3) is 23.8. The van der Waals surface area contributed by atoms with Crippen LogP contribution in [0.5, 0.6) is 0 Å². The van der Waals surface area contributed by atoms with Crippen LogP contribution < -0.4 is 16.0 Å². The predicted octanol–water partition coefficient (Wildman–Crippen LogP) is 6.44. The zero-order valence-corrected chi connectivity index (χ0v) is 32.1. The van der Waals surface area contributed by atoms with Crippen LogP contribution >= 0.6 is 0 Å². The van der Waals surface area contributed by atoms with Gasteiger partial charge in [0.1, 0.15) is 41.3 Å². The Hall–Kier alpha value is -4.16. The molecule has 2 atom stereocenters. The minimum atomic E-state index is -1.21. The molecule has 0 spiro atoms. The number of benzene rings is 1. The molecule has 13 heteroatoms. The Labute approximate surface area is 303 Å². The highest BCUT2D eigenvalue weighted by Gasteiger charge is 2.31. The fourth-order valence-electron chi connectivity index (χ4n) is 4.63. The molecule has 288 valence electrons. The van der Waals surface area contributed by atoms with E-state index in [-0.39, 0.29) is 38.1 Å². The predicted molar refractivity (Wildman–Crippen MR) is 193 cm³/mol. The van der Waals surface area contributed by atoms with E-state index in [4.69, 9.17) is 18.9 Å². The molecule has 1 aromatic carbocycles. The van der Waals surface area contributed by atoms with E-state index in [1.54, 1.807) is 62.3 Å². The molecule has 0 heterocycles. The Morgan fingerprint density at radius 1 is 0.608 bits per heavy atom. The molecule has 0 radical (unpaired) electrons. The lowest BCUT2D eigenvalue weighted by atomic mass is 10.0. The molecule has 0 saturated carbocycles. The SMILES string of the molecule is CC(C)(C)OC(=O)CC[C@H](NC(=O)N[C@@H](CCC(=O)CCCCCCCNC(=O)OCc1ccccc1)C(=O)OC(C)(C)C)C(=O)OC(C)(C)C. The molecule has 0 aliphatic carbocycles. The number of hydrogen-bond acceptors (Lipinski definition) is 10. The number of ketones is 1. The molecule has 13 nitrogen and oxygen atoms in total. The van der Waals surface area contributed by atoms with Crippen molar-refractivity contribution >= 4 is 35.8 Å². The van der Waals surface area contributed by atoms with Gasteiger partial charge in [-0.3, -0.25) is 9.59 Å². The summed E-state index contributed by atoms with van der Waals surface area (Å²) < 4.78 is 21.5. The van der Waals surface area contributed by atoms with Crippen molar-refractivity contribution in [2.75, 3.05) is 6.54 Å². The summed E-state index contributed by atoms with van der Waals surface area (Å²) in [4.78, 5) is 76.0. The Kier molecular flexibility index (Phi) is 19.3. The second-order valence-corrected chi connectivity index (χ2v) is 15.5. The topological polar surface area (TPSA) is 175 Å². The summed E-state index contributed by atoms with van der Waals surface area (Å²) in [5.74, 6) is -2.07. The van der Waals surface area contributed by atoms with E-state index in [0.29, 0.717) is 19.4 Å². The summed E-state index contributed by atoms with van der Waals surface area (Å²) in [5, 5.41) is 7.81. The van der Waals surface area contributed by atoms with Crippen molar-refractivity contribution < 1.29 is 47.7 Å². The van der Waals surface area contributed by atoms with Gasteiger partial charge in [0, 0.05) is 25.8 Å². The van der Waals surface area contributed by atoms with Crippen LogP contribution in [0.25, 0.3) is 0 Å². The molecule has 0 saturated heterocycles. The van der Waals surface area contributed by atoms with Gasteiger partial charge in [-0.2, -0.15) is 0 Å². The molecule has 1 rings (SSSR count). The number of urea groups is 1. The van der Waals surface area contributed by atoms with Crippen molar-refractivity contribution in [3.8, 4) is 0 Å². The third-order valence-corrected chi connectivity index (χ3v) is 6.88. The molecule has 1 aromatic rings. The summed E-state index contributed by atoms with van der Waals surface area (Å²) in [7, 11) is 0. The van der Waals surface area contributed by atoms with Gasteiger partial charge in [-0.1, -0.05) is 49.6 Å². The van der Waals surface area contributed by atoms with E-state index in [1.165, 1.54) is 0 Å². The van der Waals surface area contributed by atoms with Crippen molar-refractivity contribution in [3.05, 3.63) is 35.9 Å². The second kappa shape index (κ2) is 21.9. The maximum absolute atomic E-state index is 13.1. The lowest BCUT2D eigenvalue weighted by Crippen LogP contribution is -2.53. The minimum absolute atomic E-state index is 0.00220. The Morgan fingerprint density at radius 3 is 1.63 bits per heavy atom. The number of rotatable bonds is 20. The monoisotopic (exact) mass is 719 g/mol. The first-order valence-corrected chi connectivity index (χ1v) is 17.8. The first kappa shape index (κ1) is 44.9. The van der Waals surface area contributed by atoms with Crippen molar-refractivity contribution in [3.63, 3.8) is 0 Å². The molecule has 0 aliphatic rings. The molecule has 0 unspecified atom stereocenters. The van der Waals surface area contributed by atoms with Gasteiger partial charge in [0.2, 0.25) is 0 Å². The van der Waals surface area contributed by atoms with E-state index >= 15 is 0 Å². The molecule has 0 aliphatic heterocycles. The van der Waals surface area contributed by atoms with Crippen LogP contribution in [-0.4, -0.2) is 71.2 Å². The van der Waals surface area contributed by atoms with Crippen LogP contribution in [0.2, 0.25) is 0 Å². The van der Waals surface area contributed by atoms with E-state index in [9.17, 15) is 28.8 Å². The smallest absolute Gasteiger partial charge is 0.407 e. The Balaban J connectivity index is 2.59. The molecular weight excluding hydrogens is 658 g/mol. The van der Waals surface area contributed by atoms with Gasteiger partial charge < -0.3 is 34.9 Å². The summed E-state index contributed by atoms with van der Waals surface area (Å²) in [5.41, 5.74) is -1.50. The van der Waals surface area contributed by atoms with Crippen molar-refractivity contribution in [2.24, 2.45) is 0 Å². The number of nitrogens with one attached hydrogen (secondary N) is 3. The first-order chi connectivity index (χ1) is 23.6. The molecule has 0 aromatic heterocycles. The number of Topliss-reactive ketones (excluding diaryl/α,β-unsaturated/α-hetero) is 1. The molecular formula is C38H61N3O10. The maximum Gasteiger partial charge on any atom is 0.407 e. The largest absolute Gasteiger partial charge is 0.460 e. The van der Waals surface area contributed by atoms with Crippen LogP contribution in [-0.2, 0) is 44.7 Å². The fourth-order valence-corrected chi connectivity index (χ4v) is 4.63. The molecule has 0 bridgehead atoms. The lowest BCUT2D eigenvalue weighted by Gasteiger charge is -2.27. The maximum atomic E-state index is 13.1.